The molecule has 0 saturated carbocycles. The molecule has 0 saturated heterocycles. The first-order chi connectivity index (χ1) is 7.76. The lowest BCUT2D eigenvalue weighted by atomic mass is 10.0. The molecule has 0 aliphatic carbocycles. The van der Waals surface area contributed by atoms with Crippen molar-refractivity contribution in [2.75, 3.05) is 0 Å². The van der Waals surface area contributed by atoms with Crippen molar-refractivity contribution in [2.45, 2.75) is 31.5 Å². The largest absolute Gasteiger partial charge is 0.393 e. The zero-order valence-electron chi connectivity index (χ0n) is 8.77. The number of hydrogen-bond donors (Lipinski definition) is 1. The quantitative estimate of drug-likeness (QED) is 0.837. The molecular weight excluding hydrogens is 304 g/mol. The topological polar surface area (TPSA) is 20.2 Å². The van der Waals surface area contributed by atoms with Gasteiger partial charge in [-0.2, -0.15) is 13.2 Å². The molecule has 96 valence electrons. The summed E-state index contributed by atoms with van der Waals surface area (Å²) in [6, 6.07) is 4.01. The molecule has 1 rings (SSSR count). The van der Waals surface area contributed by atoms with E-state index in [1.165, 1.54) is 12.1 Å². The van der Waals surface area contributed by atoms with Gasteiger partial charge in [0.05, 0.1) is 6.10 Å². The molecule has 0 aliphatic heterocycles. The molecule has 1 nitrogen and oxygen atoms in total. The third kappa shape index (κ3) is 6.02. The standard InChI is InChI=1S/C11H11BrF4O/c12-8-3-7(4-9(13)6-8)5-10(17)1-2-11(14,15)16/h3-4,6,10,17H,1-2,5H2. The van der Waals surface area contributed by atoms with Gasteiger partial charge in [0, 0.05) is 10.9 Å². The fourth-order valence-corrected chi connectivity index (χ4v) is 1.95. The van der Waals surface area contributed by atoms with E-state index >= 15 is 0 Å². The van der Waals surface area contributed by atoms with Gasteiger partial charge >= 0.3 is 6.18 Å². The van der Waals surface area contributed by atoms with Gasteiger partial charge in [-0.1, -0.05) is 15.9 Å². The molecule has 1 aromatic rings. The van der Waals surface area contributed by atoms with Crippen LogP contribution in [0.3, 0.4) is 0 Å². The molecule has 0 radical (unpaired) electrons. The van der Waals surface area contributed by atoms with Crippen molar-refractivity contribution in [1.82, 2.24) is 0 Å². The van der Waals surface area contributed by atoms with Crippen LogP contribution in [-0.4, -0.2) is 17.4 Å². The van der Waals surface area contributed by atoms with Crippen molar-refractivity contribution < 1.29 is 22.7 Å². The normalized spacial score (nSPS) is 13.8. The monoisotopic (exact) mass is 314 g/mol. The highest BCUT2D eigenvalue weighted by molar-refractivity contribution is 9.10. The molecule has 0 bridgehead atoms. The predicted molar refractivity (Wildman–Crippen MR) is 59.1 cm³/mol. The second-order valence-electron chi connectivity index (χ2n) is 3.79. The van der Waals surface area contributed by atoms with Crippen molar-refractivity contribution in [1.29, 1.82) is 0 Å². The fourth-order valence-electron chi connectivity index (χ4n) is 1.43. The van der Waals surface area contributed by atoms with Gasteiger partial charge in [0.25, 0.3) is 0 Å². The van der Waals surface area contributed by atoms with Gasteiger partial charge in [0.15, 0.2) is 0 Å². The second-order valence-corrected chi connectivity index (χ2v) is 4.71. The Balaban J connectivity index is 2.53. The Hall–Kier alpha value is -0.620. The van der Waals surface area contributed by atoms with Crippen LogP contribution in [0, 0.1) is 5.82 Å². The van der Waals surface area contributed by atoms with E-state index in [9.17, 15) is 22.7 Å². The minimum Gasteiger partial charge on any atom is -0.393 e. The average Bonchev–Trinajstić information content (AvgIpc) is 2.11. The number of halogens is 5. The molecule has 17 heavy (non-hydrogen) atoms. The lowest BCUT2D eigenvalue weighted by Gasteiger charge is -2.12. The second kappa shape index (κ2) is 5.82. The van der Waals surface area contributed by atoms with E-state index in [0.717, 1.165) is 0 Å². The maximum atomic E-state index is 13.0. The Bertz CT molecular complexity index is 358. The van der Waals surface area contributed by atoms with Crippen LogP contribution in [0.5, 0.6) is 0 Å². The van der Waals surface area contributed by atoms with Gasteiger partial charge in [0.1, 0.15) is 5.82 Å². The van der Waals surface area contributed by atoms with Crippen molar-refractivity contribution in [3.05, 3.63) is 34.1 Å². The Labute approximate surface area is 105 Å². The zero-order chi connectivity index (χ0) is 13.1. The summed E-state index contributed by atoms with van der Waals surface area (Å²) >= 11 is 3.07. The molecule has 0 fully saturated rings. The van der Waals surface area contributed by atoms with Gasteiger partial charge in [-0.25, -0.2) is 4.39 Å². The van der Waals surface area contributed by atoms with E-state index in [2.05, 4.69) is 15.9 Å². The Morgan fingerprint density at radius 2 is 1.88 bits per heavy atom. The van der Waals surface area contributed by atoms with Crippen LogP contribution in [-0.2, 0) is 6.42 Å². The van der Waals surface area contributed by atoms with Gasteiger partial charge < -0.3 is 5.11 Å². The summed E-state index contributed by atoms with van der Waals surface area (Å²) in [5.41, 5.74) is 0.464. The van der Waals surface area contributed by atoms with Crippen LogP contribution in [0.1, 0.15) is 18.4 Å². The summed E-state index contributed by atoms with van der Waals surface area (Å²) in [7, 11) is 0. The summed E-state index contributed by atoms with van der Waals surface area (Å²) in [5.74, 6) is -0.489. The van der Waals surface area contributed by atoms with Crippen LogP contribution in [0.4, 0.5) is 17.6 Å². The molecule has 6 heteroatoms. The highest BCUT2D eigenvalue weighted by Crippen LogP contribution is 2.23. The van der Waals surface area contributed by atoms with Crippen molar-refractivity contribution in [2.24, 2.45) is 0 Å². The first kappa shape index (κ1) is 14.4. The predicted octanol–water partition coefficient (Wildman–Crippen LogP) is 3.83. The first-order valence-electron chi connectivity index (χ1n) is 4.96. The zero-order valence-corrected chi connectivity index (χ0v) is 10.4. The lowest BCUT2D eigenvalue weighted by molar-refractivity contribution is -0.139. The average molecular weight is 315 g/mol. The number of benzene rings is 1. The minimum atomic E-state index is -4.27. The van der Waals surface area contributed by atoms with Gasteiger partial charge in [0.2, 0.25) is 0 Å². The van der Waals surface area contributed by atoms with Gasteiger partial charge in [-0.15, -0.1) is 0 Å². The summed E-state index contributed by atoms with van der Waals surface area (Å²) < 4.78 is 49.2. The third-order valence-corrected chi connectivity index (χ3v) is 2.61. The third-order valence-electron chi connectivity index (χ3n) is 2.15. The lowest BCUT2D eigenvalue weighted by Crippen LogP contribution is -2.16. The summed E-state index contributed by atoms with van der Waals surface area (Å²) in [4.78, 5) is 0. The molecule has 0 spiro atoms. The number of aliphatic hydroxyl groups excluding tert-OH is 1. The number of aliphatic hydroxyl groups is 1. The van der Waals surface area contributed by atoms with E-state index < -0.39 is 24.5 Å². The minimum absolute atomic E-state index is 0.00639. The van der Waals surface area contributed by atoms with E-state index in [4.69, 9.17) is 0 Å². The highest BCUT2D eigenvalue weighted by atomic mass is 79.9. The smallest absolute Gasteiger partial charge is 0.389 e. The molecule has 1 aromatic carbocycles. The van der Waals surface area contributed by atoms with Crippen molar-refractivity contribution >= 4 is 15.9 Å². The molecule has 1 unspecified atom stereocenters. The SMILES string of the molecule is OC(CCC(F)(F)F)Cc1cc(F)cc(Br)c1. The van der Waals surface area contributed by atoms with E-state index in [1.807, 2.05) is 0 Å². The first-order valence-corrected chi connectivity index (χ1v) is 5.75. The van der Waals surface area contributed by atoms with Crippen LogP contribution < -0.4 is 0 Å². The van der Waals surface area contributed by atoms with Gasteiger partial charge in [-0.05, 0) is 36.6 Å². The number of hydrogen-bond acceptors (Lipinski definition) is 1. The van der Waals surface area contributed by atoms with Crippen LogP contribution in [0.25, 0.3) is 0 Å². The molecule has 1 N–H and O–H groups in total. The molecule has 0 aliphatic rings. The maximum Gasteiger partial charge on any atom is 0.389 e. The van der Waals surface area contributed by atoms with Crippen LogP contribution in [0.15, 0.2) is 22.7 Å². The summed E-state index contributed by atoms with van der Waals surface area (Å²) in [6.45, 7) is 0. The number of alkyl halides is 3. The Kier molecular flexibility index (Phi) is 4.94. The van der Waals surface area contributed by atoms with Crippen molar-refractivity contribution in [3.8, 4) is 0 Å². The fraction of sp³-hybridized carbons (Fsp3) is 0.455. The summed E-state index contributed by atoms with van der Waals surface area (Å²) in [5, 5.41) is 9.41. The highest BCUT2D eigenvalue weighted by Gasteiger charge is 2.27. The molecule has 0 amide bonds. The molecule has 0 aromatic heterocycles. The number of rotatable bonds is 4. The van der Waals surface area contributed by atoms with E-state index in [0.29, 0.717) is 10.0 Å². The van der Waals surface area contributed by atoms with Crippen molar-refractivity contribution in [3.63, 3.8) is 0 Å². The Morgan fingerprint density at radius 3 is 2.41 bits per heavy atom. The maximum absolute atomic E-state index is 13.0. The van der Waals surface area contributed by atoms with E-state index in [1.54, 1.807) is 6.07 Å². The molecular formula is C11H11BrF4O. The molecule has 0 heterocycles. The van der Waals surface area contributed by atoms with Gasteiger partial charge in [-0.3, -0.25) is 0 Å². The van der Waals surface area contributed by atoms with E-state index in [-0.39, 0.29) is 12.8 Å². The molecule has 1 atom stereocenters. The van der Waals surface area contributed by atoms with Crippen LogP contribution in [0.2, 0.25) is 0 Å². The van der Waals surface area contributed by atoms with Crippen LogP contribution >= 0.6 is 15.9 Å². The summed E-state index contributed by atoms with van der Waals surface area (Å²) in [6.07, 6.45) is -6.80. The Morgan fingerprint density at radius 1 is 1.24 bits per heavy atom.